The molecule has 0 aromatic heterocycles. The summed E-state index contributed by atoms with van der Waals surface area (Å²) in [5.41, 5.74) is 0. The van der Waals surface area contributed by atoms with Gasteiger partial charge in [-0.3, -0.25) is 4.79 Å². The highest BCUT2D eigenvalue weighted by atomic mass is 32.2. The van der Waals surface area contributed by atoms with Crippen LogP contribution in [0.1, 0.15) is 6.42 Å². The van der Waals surface area contributed by atoms with Crippen LogP contribution in [0.4, 0.5) is 0 Å². The molecule has 0 radical (unpaired) electrons. The molecular weight excluding hydrogens is 194 g/mol. The first-order chi connectivity index (χ1) is 5.96. The maximum Gasteiger partial charge on any atom is 0.324 e. The molecule has 0 aromatic rings. The lowest BCUT2D eigenvalue weighted by molar-refractivity contribution is -0.142. The van der Waals surface area contributed by atoms with Crippen LogP contribution in [-0.2, 0) is 19.4 Å². The maximum absolute atomic E-state index is 11.2. The normalized spacial score (nSPS) is 28.8. The van der Waals surface area contributed by atoms with Gasteiger partial charge in [-0.25, -0.2) is 8.42 Å². The molecule has 1 fully saturated rings. The minimum absolute atomic E-state index is 0.471. The van der Waals surface area contributed by atoms with Gasteiger partial charge >= 0.3 is 5.97 Å². The Morgan fingerprint density at radius 2 is 2.15 bits per heavy atom. The van der Waals surface area contributed by atoms with Gasteiger partial charge in [0.15, 0.2) is 9.84 Å². The van der Waals surface area contributed by atoms with E-state index in [0.29, 0.717) is 13.0 Å². The first kappa shape index (κ1) is 10.5. The van der Waals surface area contributed by atoms with Crippen LogP contribution in [0.5, 0.6) is 0 Å². The Bertz CT molecular complexity index is 298. The summed E-state index contributed by atoms with van der Waals surface area (Å²) in [7, 11) is -1.92. The van der Waals surface area contributed by atoms with Gasteiger partial charge in [0.2, 0.25) is 0 Å². The molecule has 0 unspecified atom stereocenters. The molecule has 1 saturated heterocycles. The molecule has 1 rings (SSSR count). The predicted octanol–water partition coefficient (Wildman–Crippen LogP) is -1.07. The number of carbonyl (C=O) groups excluding carboxylic acids is 1. The van der Waals surface area contributed by atoms with Gasteiger partial charge < -0.3 is 10.1 Å². The molecule has 1 heterocycles. The van der Waals surface area contributed by atoms with Crippen molar-refractivity contribution in [1.82, 2.24) is 5.32 Å². The van der Waals surface area contributed by atoms with Crippen molar-refractivity contribution in [1.29, 1.82) is 0 Å². The lowest BCUT2D eigenvalue weighted by atomic mass is 10.2. The van der Waals surface area contributed by atoms with Gasteiger partial charge in [-0.2, -0.15) is 0 Å². The molecule has 0 spiro atoms. The van der Waals surface area contributed by atoms with Crippen LogP contribution in [0.3, 0.4) is 0 Å². The van der Waals surface area contributed by atoms with Gasteiger partial charge in [0.05, 0.1) is 12.4 Å². The molecule has 0 amide bonds. The van der Waals surface area contributed by atoms with E-state index in [1.807, 2.05) is 0 Å². The van der Waals surface area contributed by atoms with E-state index < -0.39 is 27.1 Å². The number of esters is 1. The monoisotopic (exact) mass is 207 g/mol. The van der Waals surface area contributed by atoms with E-state index in [2.05, 4.69) is 10.1 Å². The fourth-order valence-electron chi connectivity index (χ4n) is 1.50. The Hall–Kier alpha value is -0.620. The first-order valence-corrected chi connectivity index (χ1v) is 5.92. The molecule has 0 aliphatic carbocycles. The largest absolute Gasteiger partial charge is 0.468 e. The van der Waals surface area contributed by atoms with Crippen LogP contribution in [0.25, 0.3) is 0 Å². The van der Waals surface area contributed by atoms with Crippen molar-refractivity contribution < 1.29 is 17.9 Å². The minimum atomic E-state index is -3.17. The fraction of sp³-hybridized carbons (Fsp3) is 0.857. The van der Waals surface area contributed by atoms with Crippen molar-refractivity contribution in [3.8, 4) is 0 Å². The molecule has 1 N–H and O–H groups in total. The SMILES string of the molecule is COC(=O)[C@@H]1NCC[C@@H]1S(C)(=O)=O. The number of carbonyl (C=O) groups is 1. The quantitative estimate of drug-likeness (QED) is 0.584. The Morgan fingerprint density at radius 1 is 1.54 bits per heavy atom. The lowest BCUT2D eigenvalue weighted by Crippen LogP contribution is -2.42. The second kappa shape index (κ2) is 3.63. The van der Waals surface area contributed by atoms with Gasteiger partial charge in [0.1, 0.15) is 6.04 Å². The average molecular weight is 207 g/mol. The molecule has 0 saturated carbocycles. The van der Waals surface area contributed by atoms with Crippen LogP contribution >= 0.6 is 0 Å². The molecule has 76 valence electrons. The van der Waals surface area contributed by atoms with Crippen molar-refractivity contribution in [3.05, 3.63) is 0 Å². The fourth-order valence-corrected chi connectivity index (χ4v) is 2.75. The third-order valence-electron chi connectivity index (χ3n) is 2.17. The summed E-state index contributed by atoms with van der Waals surface area (Å²) < 4.78 is 26.9. The smallest absolute Gasteiger partial charge is 0.324 e. The highest BCUT2D eigenvalue weighted by Gasteiger charge is 2.39. The van der Waals surface area contributed by atoms with Crippen LogP contribution in [0.2, 0.25) is 0 Å². The number of methoxy groups -OCH3 is 1. The summed E-state index contributed by atoms with van der Waals surface area (Å²) in [6.07, 6.45) is 1.61. The van der Waals surface area contributed by atoms with Crippen LogP contribution in [0, 0.1) is 0 Å². The van der Waals surface area contributed by atoms with E-state index in [1.54, 1.807) is 0 Å². The van der Waals surface area contributed by atoms with Crippen molar-refractivity contribution in [2.75, 3.05) is 19.9 Å². The molecular formula is C7H13NO4S. The molecule has 13 heavy (non-hydrogen) atoms. The van der Waals surface area contributed by atoms with Crippen molar-refractivity contribution in [2.24, 2.45) is 0 Å². The zero-order valence-electron chi connectivity index (χ0n) is 7.61. The van der Waals surface area contributed by atoms with Crippen LogP contribution in [-0.4, -0.2) is 45.6 Å². The van der Waals surface area contributed by atoms with Gasteiger partial charge in [0, 0.05) is 6.26 Å². The van der Waals surface area contributed by atoms with E-state index in [4.69, 9.17) is 0 Å². The molecule has 2 atom stereocenters. The number of rotatable bonds is 2. The van der Waals surface area contributed by atoms with E-state index in [9.17, 15) is 13.2 Å². The molecule has 5 nitrogen and oxygen atoms in total. The van der Waals surface area contributed by atoms with Crippen LogP contribution < -0.4 is 5.32 Å². The summed E-state index contributed by atoms with van der Waals surface area (Å²) >= 11 is 0. The Balaban J connectivity index is 2.82. The summed E-state index contributed by atoms with van der Waals surface area (Å²) in [5, 5.41) is 2.17. The second-order valence-electron chi connectivity index (χ2n) is 3.11. The number of hydrogen-bond donors (Lipinski definition) is 1. The second-order valence-corrected chi connectivity index (χ2v) is 5.38. The topological polar surface area (TPSA) is 72.5 Å². The van der Waals surface area contributed by atoms with Gasteiger partial charge in [0.25, 0.3) is 0 Å². The number of sulfone groups is 1. The summed E-state index contributed by atoms with van der Waals surface area (Å²) in [5.74, 6) is -0.507. The summed E-state index contributed by atoms with van der Waals surface area (Å²) in [6, 6.07) is -0.694. The predicted molar refractivity (Wildman–Crippen MR) is 47.1 cm³/mol. The average Bonchev–Trinajstić information content (AvgIpc) is 2.49. The summed E-state index contributed by atoms with van der Waals surface area (Å²) in [6.45, 7) is 0.539. The standard InChI is InChI=1S/C7H13NO4S/c1-12-7(9)6-5(3-4-8-6)13(2,10)11/h5-6,8H,3-4H2,1-2H3/t5-,6+/m0/s1. The van der Waals surface area contributed by atoms with Crippen molar-refractivity contribution in [3.63, 3.8) is 0 Å². The minimum Gasteiger partial charge on any atom is -0.468 e. The number of hydrogen-bond acceptors (Lipinski definition) is 5. The van der Waals surface area contributed by atoms with Crippen molar-refractivity contribution in [2.45, 2.75) is 17.7 Å². The zero-order valence-corrected chi connectivity index (χ0v) is 8.43. The molecule has 0 aromatic carbocycles. The lowest BCUT2D eigenvalue weighted by Gasteiger charge is -2.14. The highest BCUT2D eigenvalue weighted by molar-refractivity contribution is 7.91. The van der Waals surface area contributed by atoms with E-state index in [-0.39, 0.29) is 0 Å². The first-order valence-electron chi connectivity index (χ1n) is 3.97. The van der Waals surface area contributed by atoms with E-state index in [1.165, 1.54) is 7.11 Å². The molecule has 1 aliphatic rings. The number of ether oxygens (including phenoxy) is 1. The van der Waals surface area contributed by atoms with Gasteiger partial charge in [-0.15, -0.1) is 0 Å². The molecule has 0 bridgehead atoms. The molecule has 6 heteroatoms. The van der Waals surface area contributed by atoms with Gasteiger partial charge in [-0.1, -0.05) is 0 Å². The van der Waals surface area contributed by atoms with Gasteiger partial charge in [-0.05, 0) is 13.0 Å². The highest BCUT2D eigenvalue weighted by Crippen LogP contribution is 2.16. The van der Waals surface area contributed by atoms with E-state index in [0.717, 1.165) is 6.26 Å². The molecule has 1 aliphatic heterocycles. The summed E-state index contributed by atoms with van der Waals surface area (Å²) in [4.78, 5) is 11.1. The Kier molecular flexibility index (Phi) is 2.92. The van der Waals surface area contributed by atoms with E-state index >= 15 is 0 Å². The number of nitrogens with one attached hydrogen (secondary N) is 1. The Morgan fingerprint density at radius 3 is 2.62 bits per heavy atom. The van der Waals surface area contributed by atoms with Crippen molar-refractivity contribution >= 4 is 15.8 Å². The van der Waals surface area contributed by atoms with Crippen LogP contribution in [0.15, 0.2) is 0 Å². The Labute approximate surface area is 77.4 Å². The third kappa shape index (κ3) is 2.19. The third-order valence-corrected chi connectivity index (χ3v) is 3.78. The maximum atomic E-state index is 11.2. The zero-order chi connectivity index (χ0) is 10.1.